The Labute approximate surface area is 137 Å². The number of ether oxygens (including phenoxy) is 1. The fourth-order valence-corrected chi connectivity index (χ4v) is 3.31. The SMILES string of the molecule is O=C(CCc1cccs1)NC(C(=O)O)c1ccc2c(c1)CCO2. The maximum absolute atomic E-state index is 12.1. The van der Waals surface area contributed by atoms with Crippen LogP contribution in [0.5, 0.6) is 5.75 Å². The molecule has 0 bridgehead atoms. The normalized spacial score (nSPS) is 13.9. The summed E-state index contributed by atoms with van der Waals surface area (Å²) in [6.07, 6.45) is 1.66. The number of fused-ring (bicyclic) bond motifs is 1. The van der Waals surface area contributed by atoms with Crippen molar-refractivity contribution in [3.05, 3.63) is 51.7 Å². The molecule has 0 aliphatic carbocycles. The van der Waals surface area contributed by atoms with Gasteiger partial charge in [-0.3, -0.25) is 4.79 Å². The van der Waals surface area contributed by atoms with E-state index in [1.54, 1.807) is 29.5 Å². The van der Waals surface area contributed by atoms with E-state index in [4.69, 9.17) is 4.74 Å². The van der Waals surface area contributed by atoms with Gasteiger partial charge in [-0.1, -0.05) is 12.1 Å². The van der Waals surface area contributed by atoms with Crippen molar-refractivity contribution in [1.82, 2.24) is 5.32 Å². The molecule has 3 rings (SSSR count). The number of nitrogens with one attached hydrogen (secondary N) is 1. The molecule has 1 aromatic carbocycles. The molecule has 0 radical (unpaired) electrons. The molecule has 1 aliphatic rings. The van der Waals surface area contributed by atoms with Gasteiger partial charge in [-0.05, 0) is 41.1 Å². The second-order valence-electron chi connectivity index (χ2n) is 5.38. The molecule has 2 aromatic rings. The molecular weight excluding hydrogens is 314 g/mol. The second kappa shape index (κ2) is 6.83. The Morgan fingerprint density at radius 2 is 2.22 bits per heavy atom. The van der Waals surface area contributed by atoms with Crippen LogP contribution in [-0.4, -0.2) is 23.6 Å². The van der Waals surface area contributed by atoms with Gasteiger partial charge in [-0.2, -0.15) is 0 Å². The average molecular weight is 331 g/mol. The maximum Gasteiger partial charge on any atom is 0.330 e. The first kappa shape index (κ1) is 15.6. The van der Waals surface area contributed by atoms with Crippen molar-refractivity contribution in [2.45, 2.75) is 25.3 Å². The van der Waals surface area contributed by atoms with Crippen LogP contribution >= 0.6 is 11.3 Å². The molecule has 120 valence electrons. The van der Waals surface area contributed by atoms with Crippen molar-refractivity contribution >= 4 is 23.2 Å². The number of amides is 1. The minimum atomic E-state index is -1.06. The number of aryl methyl sites for hydroxylation is 1. The Morgan fingerprint density at radius 3 is 2.96 bits per heavy atom. The van der Waals surface area contributed by atoms with E-state index >= 15 is 0 Å². The van der Waals surface area contributed by atoms with Gasteiger partial charge in [0.25, 0.3) is 0 Å². The van der Waals surface area contributed by atoms with Crippen LogP contribution in [0.2, 0.25) is 0 Å². The van der Waals surface area contributed by atoms with Gasteiger partial charge in [0, 0.05) is 17.7 Å². The topological polar surface area (TPSA) is 75.6 Å². The van der Waals surface area contributed by atoms with Crippen molar-refractivity contribution in [2.75, 3.05) is 6.61 Å². The molecule has 1 aromatic heterocycles. The van der Waals surface area contributed by atoms with Gasteiger partial charge in [0.2, 0.25) is 5.91 Å². The Morgan fingerprint density at radius 1 is 1.35 bits per heavy atom. The lowest BCUT2D eigenvalue weighted by Crippen LogP contribution is -2.33. The number of carbonyl (C=O) groups is 2. The number of aliphatic carboxylic acids is 1. The zero-order valence-corrected chi connectivity index (χ0v) is 13.3. The molecule has 1 unspecified atom stereocenters. The van der Waals surface area contributed by atoms with Gasteiger partial charge in [0.05, 0.1) is 6.61 Å². The summed E-state index contributed by atoms with van der Waals surface area (Å²) in [6, 6.07) is 8.14. The zero-order chi connectivity index (χ0) is 16.2. The van der Waals surface area contributed by atoms with Gasteiger partial charge in [0.15, 0.2) is 6.04 Å². The summed E-state index contributed by atoms with van der Waals surface area (Å²) >= 11 is 1.59. The quantitative estimate of drug-likeness (QED) is 0.853. The third kappa shape index (κ3) is 3.71. The number of carbonyl (C=O) groups excluding carboxylic acids is 1. The fourth-order valence-electron chi connectivity index (χ4n) is 2.60. The van der Waals surface area contributed by atoms with E-state index in [0.717, 1.165) is 22.6 Å². The number of carboxylic acid groups (broad SMARTS) is 1. The van der Waals surface area contributed by atoms with Crippen LogP contribution in [0.3, 0.4) is 0 Å². The Bertz CT molecular complexity index is 711. The summed E-state index contributed by atoms with van der Waals surface area (Å²) in [5.74, 6) is -0.530. The van der Waals surface area contributed by atoms with E-state index in [9.17, 15) is 14.7 Å². The molecule has 0 fully saturated rings. The fraction of sp³-hybridized carbons (Fsp3) is 0.294. The zero-order valence-electron chi connectivity index (χ0n) is 12.5. The van der Waals surface area contributed by atoms with Crippen LogP contribution in [0.4, 0.5) is 0 Å². The van der Waals surface area contributed by atoms with Crippen molar-refractivity contribution in [2.24, 2.45) is 0 Å². The lowest BCUT2D eigenvalue weighted by Gasteiger charge is -2.15. The summed E-state index contributed by atoms with van der Waals surface area (Å²) in [7, 11) is 0. The highest BCUT2D eigenvalue weighted by Gasteiger charge is 2.24. The maximum atomic E-state index is 12.1. The van der Waals surface area contributed by atoms with Crippen LogP contribution in [0.15, 0.2) is 35.7 Å². The lowest BCUT2D eigenvalue weighted by atomic mass is 10.0. The van der Waals surface area contributed by atoms with E-state index in [-0.39, 0.29) is 12.3 Å². The Hall–Kier alpha value is -2.34. The molecule has 0 saturated carbocycles. The molecule has 5 nitrogen and oxygen atoms in total. The summed E-state index contributed by atoms with van der Waals surface area (Å²) in [5.41, 5.74) is 1.56. The number of benzene rings is 1. The highest BCUT2D eigenvalue weighted by molar-refractivity contribution is 7.09. The summed E-state index contributed by atoms with van der Waals surface area (Å²) < 4.78 is 5.42. The van der Waals surface area contributed by atoms with E-state index < -0.39 is 12.0 Å². The first-order chi connectivity index (χ1) is 11.1. The van der Waals surface area contributed by atoms with Gasteiger partial charge in [-0.25, -0.2) is 4.79 Å². The molecule has 6 heteroatoms. The summed E-state index contributed by atoms with van der Waals surface area (Å²) in [5, 5.41) is 14.0. The Kier molecular flexibility index (Phi) is 4.62. The van der Waals surface area contributed by atoms with Crippen LogP contribution in [-0.2, 0) is 22.4 Å². The minimum absolute atomic E-state index is 0.262. The molecular formula is C17H17NO4S. The third-order valence-electron chi connectivity index (χ3n) is 3.78. The van der Waals surface area contributed by atoms with Crippen LogP contribution in [0, 0.1) is 0 Å². The van der Waals surface area contributed by atoms with E-state index in [1.165, 1.54) is 0 Å². The standard InChI is InChI=1S/C17H17NO4S/c19-15(6-4-13-2-1-9-23-13)18-16(17(20)21)12-3-5-14-11(10-12)7-8-22-14/h1-3,5,9-10,16H,4,6-8H2,(H,18,19)(H,20,21). The molecule has 1 atom stereocenters. The van der Waals surface area contributed by atoms with Crippen LogP contribution < -0.4 is 10.1 Å². The average Bonchev–Trinajstić information content (AvgIpc) is 3.20. The number of hydrogen-bond donors (Lipinski definition) is 2. The monoisotopic (exact) mass is 331 g/mol. The largest absolute Gasteiger partial charge is 0.493 e. The smallest absolute Gasteiger partial charge is 0.330 e. The van der Waals surface area contributed by atoms with E-state index in [1.807, 2.05) is 17.5 Å². The first-order valence-corrected chi connectivity index (χ1v) is 8.31. The summed E-state index contributed by atoms with van der Waals surface area (Å²) in [6.45, 7) is 0.615. The molecule has 2 heterocycles. The molecule has 23 heavy (non-hydrogen) atoms. The van der Waals surface area contributed by atoms with Crippen molar-refractivity contribution in [3.8, 4) is 5.75 Å². The van der Waals surface area contributed by atoms with Crippen molar-refractivity contribution in [3.63, 3.8) is 0 Å². The molecule has 2 N–H and O–H groups in total. The van der Waals surface area contributed by atoms with Crippen molar-refractivity contribution in [1.29, 1.82) is 0 Å². The van der Waals surface area contributed by atoms with Crippen molar-refractivity contribution < 1.29 is 19.4 Å². The number of rotatable bonds is 6. The first-order valence-electron chi connectivity index (χ1n) is 7.43. The molecule has 0 saturated heterocycles. The predicted molar refractivity (Wildman–Crippen MR) is 86.8 cm³/mol. The van der Waals surface area contributed by atoms with Gasteiger partial charge in [-0.15, -0.1) is 11.3 Å². The molecule has 1 aliphatic heterocycles. The number of thiophene rings is 1. The highest BCUT2D eigenvalue weighted by Crippen LogP contribution is 2.28. The van der Waals surface area contributed by atoms with Gasteiger partial charge < -0.3 is 15.2 Å². The van der Waals surface area contributed by atoms with Crippen LogP contribution in [0.1, 0.15) is 28.5 Å². The van der Waals surface area contributed by atoms with E-state index in [2.05, 4.69) is 5.32 Å². The molecule has 1 amide bonds. The third-order valence-corrected chi connectivity index (χ3v) is 4.71. The van der Waals surface area contributed by atoms with Crippen LogP contribution in [0.25, 0.3) is 0 Å². The Balaban J connectivity index is 1.66. The minimum Gasteiger partial charge on any atom is -0.493 e. The predicted octanol–water partition coefficient (Wildman–Crippen LogP) is 2.56. The number of hydrogen-bond acceptors (Lipinski definition) is 4. The summed E-state index contributed by atoms with van der Waals surface area (Å²) in [4.78, 5) is 24.7. The van der Waals surface area contributed by atoms with Gasteiger partial charge >= 0.3 is 5.97 Å². The molecule has 0 spiro atoms. The van der Waals surface area contributed by atoms with E-state index in [0.29, 0.717) is 18.6 Å². The lowest BCUT2D eigenvalue weighted by molar-refractivity contribution is -0.142. The van der Waals surface area contributed by atoms with Gasteiger partial charge in [0.1, 0.15) is 5.75 Å². The second-order valence-corrected chi connectivity index (χ2v) is 6.42. The number of carboxylic acids is 1. The highest BCUT2D eigenvalue weighted by atomic mass is 32.1.